The second-order valence-corrected chi connectivity index (χ2v) is 16.1. The minimum absolute atomic E-state index is 0.0206. The van der Waals surface area contributed by atoms with Crippen molar-refractivity contribution < 1.29 is 38.2 Å². The molecule has 0 saturated carbocycles. The van der Waals surface area contributed by atoms with Gasteiger partial charge in [-0.3, -0.25) is 9.59 Å². The Morgan fingerprint density at radius 1 is 0.534 bits per heavy atom. The van der Waals surface area contributed by atoms with Gasteiger partial charge >= 0.3 is 11.9 Å². The molecule has 0 aliphatic rings. The maximum Gasteiger partial charge on any atom is 0.306 e. The lowest BCUT2D eigenvalue weighted by molar-refractivity contribution is -0.889. The van der Waals surface area contributed by atoms with Gasteiger partial charge in [0.15, 0.2) is 6.10 Å². The number of esters is 2. The number of hydrogen-bond acceptors (Lipinski definition) is 7. The van der Waals surface area contributed by atoms with Crippen LogP contribution in [-0.4, -0.2) is 75.5 Å². The summed E-state index contributed by atoms with van der Waals surface area (Å²) in [5, 5.41) is 11.6. The van der Waals surface area contributed by atoms with Crippen molar-refractivity contribution in [3.8, 4) is 0 Å². The third-order valence-corrected chi connectivity index (χ3v) is 9.67. The highest BCUT2D eigenvalue weighted by Crippen LogP contribution is 2.14. The van der Waals surface area contributed by atoms with Crippen molar-refractivity contribution in [3.63, 3.8) is 0 Å². The normalized spacial score (nSPS) is 13.7. The van der Waals surface area contributed by atoms with E-state index in [2.05, 4.69) is 50.3 Å². The number of carboxylic acids is 1. The van der Waals surface area contributed by atoms with Crippen molar-refractivity contribution in [2.75, 3.05) is 41.0 Å². The number of carboxylic acid groups (broad SMARTS) is 1. The van der Waals surface area contributed by atoms with Crippen molar-refractivity contribution in [1.82, 2.24) is 0 Å². The minimum atomic E-state index is -1.14. The highest BCUT2D eigenvalue weighted by Gasteiger charge is 2.25. The fraction of sp³-hybridized carbons (Fsp3) is 0.660. The van der Waals surface area contributed by atoms with E-state index in [1.54, 1.807) is 21.1 Å². The Hall–Kier alpha value is -3.49. The van der Waals surface area contributed by atoms with Crippen molar-refractivity contribution in [2.24, 2.45) is 0 Å². The molecular formula is C50H83NO7. The van der Waals surface area contributed by atoms with E-state index in [0.717, 1.165) is 57.8 Å². The van der Waals surface area contributed by atoms with Gasteiger partial charge in [-0.2, -0.15) is 0 Å². The molecule has 0 aromatic heterocycles. The van der Waals surface area contributed by atoms with Gasteiger partial charge in [0, 0.05) is 19.3 Å². The monoisotopic (exact) mass is 810 g/mol. The summed E-state index contributed by atoms with van der Waals surface area (Å²) in [6.45, 7) is 4.43. The molecule has 0 radical (unpaired) electrons. The molecule has 2 unspecified atom stereocenters. The van der Waals surface area contributed by atoms with Crippen LogP contribution in [0, 0.1) is 0 Å². The number of carbonyl (C=O) groups is 3. The molecule has 0 aliphatic heterocycles. The summed E-state index contributed by atoms with van der Waals surface area (Å²) in [6, 6.07) is -0.737. The second kappa shape index (κ2) is 40.3. The van der Waals surface area contributed by atoms with Crippen molar-refractivity contribution in [3.05, 3.63) is 85.1 Å². The van der Waals surface area contributed by atoms with Crippen LogP contribution in [0.15, 0.2) is 85.1 Å². The number of hydrogen-bond donors (Lipinski definition) is 0. The summed E-state index contributed by atoms with van der Waals surface area (Å²) >= 11 is 0. The van der Waals surface area contributed by atoms with Gasteiger partial charge in [-0.15, -0.1) is 0 Å². The fourth-order valence-electron chi connectivity index (χ4n) is 6.14. The first-order chi connectivity index (χ1) is 28.1. The van der Waals surface area contributed by atoms with E-state index >= 15 is 0 Å². The molecular weight excluding hydrogens is 727 g/mol. The summed E-state index contributed by atoms with van der Waals surface area (Å²) < 4.78 is 17.1. The highest BCUT2D eigenvalue weighted by molar-refractivity contribution is 5.70. The number of ether oxygens (including phenoxy) is 3. The zero-order chi connectivity index (χ0) is 42.8. The smallest absolute Gasteiger partial charge is 0.306 e. The number of rotatable bonds is 39. The Labute approximate surface area is 354 Å². The van der Waals surface area contributed by atoms with Crippen LogP contribution < -0.4 is 5.11 Å². The minimum Gasteiger partial charge on any atom is -0.544 e. The van der Waals surface area contributed by atoms with Gasteiger partial charge in [0.25, 0.3) is 0 Å². The number of allylic oxidation sites excluding steroid dienone is 14. The van der Waals surface area contributed by atoms with Gasteiger partial charge in [-0.1, -0.05) is 170 Å². The van der Waals surface area contributed by atoms with Gasteiger partial charge in [0.2, 0.25) is 0 Å². The van der Waals surface area contributed by atoms with Crippen LogP contribution in [0.4, 0.5) is 0 Å². The van der Waals surface area contributed by atoms with Gasteiger partial charge in [0.1, 0.15) is 12.6 Å². The average Bonchev–Trinajstić information content (AvgIpc) is 3.18. The van der Waals surface area contributed by atoms with Gasteiger partial charge in [0.05, 0.1) is 40.3 Å². The van der Waals surface area contributed by atoms with E-state index in [9.17, 15) is 19.5 Å². The van der Waals surface area contributed by atoms with E-state index in [1.165, 1.54) is 70.6 Å². The van der Waals surface area contributed by atoms with Crippen molar-refractivity contribution in [2.45, 2.75) is 174 Å². The summed E-state index contributed by atoms with van der Waals surface area (Å²) in [4.78, 5) is 36.9. The quantitative estimate of drug-likeness (QED) is 0.0264. The first kappa shape index (κ1) is 54.5. The first-order valence-electron chi connectivity index (χ1n) is 22.7. The van der Waals surface area contributed by atoms with E-state index in [-0.39, 0.29) is 42.7 Å². The molecule has 58 heavy (non-hydrogen) atoms. The number of unbranched alkanes of at least 4 members (excludes halogenated alkanes) is 16. The summed E-state index contributed by atoms with van der Waals surface area (Å²) in [7, 11) is 5.38. The standard InChI is InChI=1S/C50H83NO7/c1-6-8-10-12-14-16-18-20-22-23-24-25-27-29-31-33-35-37-39-41-49(53)58-46(44-56-43-42-47(50(54)55)51(3,4)5)45-57-48(52)40-38-36-34-32-30-28-26-21-19-17-15-13-11-9-7-2/h9,11,13-21,26,28,30,46-47H,6-8,10,12,22-25,27,29,31-45H2,1-5H3/b11-9+,15-13+,16-14+,19-17+,20-18+,26-21+,30-28+. The molecule has 0 aromatic rings. The molecule has 0 bridgehead atoms. The van der Waals surface area contributed by atoms with Gasteiger partial charge in [-0.25, -0.2) is 0 Å². The molecule has 0 rings (SSSR count). The van der Waals surface area contributed by atoms with Crippen LogP contribution in [0.2, 0.25) is 0 Å². The molecule has 0 saturated heterocycles. The Bertz CT molecular complexity index is 1220. The summed E-state index contributed by atoms with van der Waals surface area (Å²) in [5.74, 6) is -1.80. The third-order valence-electron chi connectivity index (χ3n) is 9.67. The van der Waals surface area contributed by atoms with Crippen LogP contribution in [-0.2, 0) is 28.6 Å². The van der Waals surface area contributed by atoms with E-state index in [0.29, 0.717) is 12.8 Å². The number of carbonyl (C=O) groups excluding carboxylic acids is 3. The van der Waals surface area contributed by atoms with Crippen LogP contribution in [0.1, 0.15) is 162 Å². The SMILES string of the molecule is CC/C=C/C=C/C=C/C=C/C=C/CCCCCC(=O)OCC(COCCC(C(=O)[O-])[N+](C)(C)C)OC(=O)CCCCCCCCCCCC/C=C/C=C/CCCCC. The molecule has 8 heteroatoms. The zero-order valence-electron chi connectivity index (χ0n) is 37.4. The van der Waals surface area contributed by atoms with Crippen LogP contribution in [0.5, 0.6) is 0 Å². The predicted molar refractivity (Wildman–Crippen MR) is 240 cm³/mol. The Balaban J connectivity index is 4.40. The Morgan fingerprint density at radius 2 is 0.966 bits per heavy atom. The molecule has 0 aliphatic carbocycles. The van der Waals surface area contributed by atoms with Crippen LogP contribution >= 0.6 is 0 Å². The number of likely N-dealkylation sites (N-methyl/N-ethyl adjacent to an activating group) is 1. The largest absolute Gasteiger partial charge is 0.544 e. The van der Waals surface area contributed by atoms with E-state index in [1.807, 2.05) is 48.6 Å². The summed E-state index contributed by atoms with van der Waals surface area (Å²) in [5.41, 5.74) is 0. The second-order valence-electron chi connectivity index (χ2n) is 16.1. The lowest BCUT2D eigenvalue weighted by atomic mass is 10.1. The fourth-order valence-corrected chi connectivity index (χ4v) is 6.14. The molecule has 2 atom stereocenters. The maximum absolute atomic E-state index is 12.7. The highest BCUT2D eigenvalue weighted by atomic mass is 16.6. The van der Waals surface area contributed by atoms with E-state index < -0.39 is 18.1 Å². The van der Waals surface area contributed by atoms with Crippen LogP contribution in [0.25, 0.3) is 0 Å². The number of nitrogens with zero attached hydrogens (tertiary/aromatic N) is 1. The third kappa shape index (κ3) is 38.1. The zero-order valence-corrected chi connectivity index (χ0v) is 37.4. The predicted octanol–water partition coefficient (Wildman–Crippen LogP) is 11.2. The van der Waals surface area contributed by atoms with Crippen LogP contribution in [0.3, 0.4) is 0 Å². The Kier molecular flexibility index (Phi) is 37.9. The lowest BCUT2D eigenvalue weighted by Gasteiger charge is -2.34. The topological polar surface area (TPSA) is 102 Å². The van der Waals surface area contributed by atoms with Gasteiger partial charge < -0.3 is 28.6 Å². The molecule has 0 spiro atoms. The molecule has 0 fully saturated rings. The number of quaternary nitrogens is 1. The van der Waals surface area contributed by atoms with Crippen molar-refractivity contribution >= 4 is 17.9 Å². The maximum atomic E-state index is 12.7. The molecule has 8 nitrogen and oxygen atoms in total. The first-order valence-corrected chi connectivity index (χ1v) is 22.7. The average molecular weight is 810 g/mol. The summed E-state index contributed by atoms with van der Waals surface area (Å²) in [6.07, 6.45) is 51.8. The van der Waals surface area contributed by atoms with E-state index in [4.69, 9.17) is 14.2 Å². The molecule has 0 N–H and O–H groups in total. The molecule has 0 aromatic carbocycles. The molecule has 0 heterocycles. The molecule has 330 valence electrons. The number of aliphatic carboxylic acids is 1. The lowest BCUT2D eigenvalue weighted by Crippen LogP contribution is -2.55. The Morgan fingerprint density at radius 3 is 1.47 bits per heavy atom. The van der Waals surface area contributed by atoms with Crippen molar-refractivity contribution in [1.29, 1.82) is 0 Å². The van der Waals surface area contributed by atoms with Gasteiger partial charge in [-0.05, 0) is 57.8 Å². The molecule has 0 amide bonds.